The van der Waals surface area contributed by atoms with Gasteiger partial charge in [-0.05, 0) is 11.5 Å². The molecular formula is C10H11NS. The highest BCUT2D eigenvalue weighted by Crippen LogP contribution is 2.19. The predicted molar refractivity (Wildman–Crippen MR) is 53.2 cm³/mol. The SMILES string of the molecule is CC1(C)C=CC=c2cnsc2=C1. The maximum absolute atomic E-state index is 4.16. The molecule has 62 valence electrons. The van der Waals surface area contributed by atoms with Crippen molar-refractivity contribution in [1.82, 2.24) is 4.37 Å². The van der Waals surface area contributed by atoms with Gasteiger partial charge in [0.2, 0.25) is 0 Å². The molecule has 2 rings (SSSR count). The van der Waals surface area contributed by atoms with Crippen LogP contribution < -0.4 is 9.75 Å². The molecule has 1 aromatic rings. The summed E-state index contributed by atoms with van der Waals surface area (Å²) in [7, 11) is 0. The summed E-state index contributed by atoms with van der Waals surface area (Å²) in [4.78, 5) is 0. The van der Waals surface area contributed by atoms with Gasteiger partial charge in [0.05, 0.1) is 4.53 Å². The molecule has 1 nitrogen and oxygen atoms in total. The zero-order chi connectivity index (χ0) is 8.60. The van der Waals surface area contributed by atoms with Gasteiger partial charge < -0.3 is 0 Å². The zero-order valence-corrected chi connectivity index (χ0v) is 8.06. The number of hydrogen-bond donors (Lipinski definition) is 0. The lowest BCUT2D eigenvalue weighted by Crippen LogP contribution is -2.19. The van der Waals surface area contributed by atoms with E-state index in [0.717, 1.165) is 0 Å². The molecule has 1 aliphatic carbocycles. The van der Waals surface area contributed by atoms with Crippen LogP contribution in [0.4, 0.5) is 0 Å². The Balaban J connectivity index is 2.75. The number of hydrogen-bond acceptors (Lipinski definition) is 2. The van der Waals surface area contributed by atoms with Crippen LogP contribution in [0.3, 0.4) is 0 Å². The van der Waals surface area contributed by atoms with E-state index in [0.29, 0.717) is 0 Å². The normalized spacial score (nSPS) is 18.8. The third-order valence-electron chi connectivity index (χ3n) is 1.93. The molecule has 0 N–H and O–H groups in total. The summed E-state index contributed by atoms with van der Waals surface area (Å²) in [6, 6.07) is 0. The minimum Gasteiger partial charge on any atom is -0.200 e. The van der Waals surface area contributed by atoms with Gasteiger partial charge >= 0.3 is 0 Å². The van der Waals surface area contributed by atoms with Crippen LogP contribution in [0.5, 0.6) is 0 Å². The van der Waals surface area contributed by atoms with Crippen LogP contribution in [-0.2, 0) is 0 Å². The van der Waals surface area contributed by atoms with Crippen LogP contribution in [-0.4, -0.2) is 4.37 Å². The lowest BCUT2D eigenvalue weighted by Gasteiger charge is -2.11. The van der Waals surface area contributed by atoms with E-state index in [-0.39, 0.29) is 5.41 Å². The average Bonchev–Trinajstić information content (AvgIpc) is 2.31. The molecule has 1 aliphatic rings. The molecular weight excluding hydrogens is 166 g/mol. The van der Waals surface area contributed by atoms with Gasteiger partial charge in [0.1, 0.15) is 0 Å². The minimum atomic E-state index is 0.161. The molecule has 0 atom stereocenters. The van der Waals surface area contributed by atoms with E-state index >= 15 is 0 Å². The quantitative estimate of drug-likeness (QED) is 0.582. The standard InChI is InChI=1S/C10H11NS/c1-10(2)5-3-4-8-7-11-12-9(8)6-10/h3-7H,1-2H3. The molecule has 0 radical (unpaired) electrons. The molecule has 0 amide bonds. The van der Waals surface area contributed by atoms with Crippen LogP contribution >= 0.6 is 11.5 Å². The first-order valence-electron chi connectivity index (χ1n) is 4.00. The van der Waals surface area contributed by atoms with Gasteiger partial charge in [-0.2, -0.15) is 4.37 Å². The lowest BCUT2D eigenvalue weighted by molar-refractivity contribution is 0.672. The van der Waals surface area contributed by atoms with Gasteiger partial charge in [0.15, 0.2) is 0 Å². The zero-order valence-electron chi connectivity index (χ0n) is 7.24. The maximum atomic E-state index is 4.16. The fraction of sp³-hybridized carbons (Fsp3) is 0.300. The van der Waals surface area contributed by atoms with Crippen molar-refractivity contribution < 1.29 is 0 Å². The Hall–Kier alpha value is -0.890. The molecule has 0 saturated carbocycles. The lowest BCUT2D eigenvalue weighted by atomic mass is 9.93. The van der Waals surface area contributed by atoms with Crippen molar-refractivity contribution in [3.8, 4) is 0 Å². The van der Waals surface area contributed by atoms with Crippen molar-refractivity contribution in [3.05, 3.63) is 28.1 Å². The summed E-state index contributed by atoms with van der Waals surface area (Å²) in [6.45, 7) is 4.40. The fourth-order valence-corrected chi connectivity index (χ4v) is 2.14. The topological polar surface area (TPSA) is 12.9 Å². The first-order chi connectivity index (χ1) is 5.67. The van der Waals surface area contributed by atoms with Gasteiger partial charge in [0, 0.05) is 16.8 Å². The van der Waals surface area contributed by atoms with Crippen molar-refractivity contribution in [2.24, 2.45) is 5.41 Å². The molecule has 0 unspecified atom stereocenters. The third kappa shape index (κ3) is 1.34. The molecule has 0 aliphatic heterocycles. The largest absolute Gasteiger partial charge is 0.200 e. The molecule has 0 saturated heterocycles. The number of allylic oxidation sites excluding steroid dienone is 2. The molecule has 0 spiro atoms. The molecule has 12 heavy (non-hydrogen) atoms. The molecule has 0 bridgehead atoms. The number of aromatic nitrogens is 1. The van der Waals surface area contributed by atoms with Gasteiger partial charge in [0.25, 0.3) is 0 Å². The highest BCUT2D eigenvalue weighted by atomic mass is 32.1. The Labute approximate surface area is 75.9 Å². The second-order valence-electron chi connectivity index (χ2n) is 3.64. The first kappa shape index (κ1) is 7.74. The van der Waals surface area contributed by atoms with E-state index in [4.69, 9.17) is 0 Å². The molecule has 2 heteroatoms. The highest BCUT2D eigenvalue weighted by molar-refractivity contribution is 7.03. The Morgan fingerprint density at radius 2 is 2.25 bits per heavy atom. The first-order valence-corrected chi connectivity index (χ1v) is 4.78. The Kier molecular flexibility index (Phi) is 1.65. The van der Waals surface area contributed by atoms with Crippen LogP contribution in [0, 0.1) is 5.41 Å². The highest BCUT2D eigenvalue weighted by Gasteiger charge is 2.10. The number of rotatable bonds is 0. The summed E-state index contributed by atoms with van der Waals surface area (Å²) in [5, 5.41) is 1.24. The van der Waals surface area contributed by atoms with Crippen molar-refractivity contribution >= 4 is 23.7 Å². The Morgan fingerprint density at radius 1 is 1.42 bits per heavy atom. The van der Waals surface area contributed by atoms with E-state index in [1.165, 1.54) is 9.75 Å². The smallest absolute Gasteiger partial charge is 0.0518 e. The monoisotopic (exact) mass is 177 g/mol. The van der Waals surface area contributed by atoms with Gasteiger partial charge in [-0.15, -0.1) is 0 Å². The van der Waals surface area contributed by atoms with Gasteiger partial charge in [-0.3, -0.25) is 0 Å². The van der Waals surface area contributed by atoms with E-state index in [1.807, 2.05) is 6.20 Å². The number of fused-ring (bicyclic) bond motifs is 1. The molecule has 0 aromatic carbocycles. The Bertz CT molecular complexity index is 423. The second-order valence-corrected chi connectivity index (χ2v) is 4.47. The van der Waals surface area contributed by atoms with Gasteiger partial charge in [-0.1, -0.05) is 38.2 Å². The Morgan fingerprint density at radius 3 is 3.08 bits per heavy atom. The fourth-order valence-electron chi connectivity index (χ4n) is 1.28. The summed E-state index contributed by atoms with van der Waals surface area (Å²) in [5.41, 5.74) is 0.161. The van der Waals surface area contributed by atoms with E-state index in [9.17, 15) is 0 Å². The van der Waals surface area contributed by atoms with Crippen molar-refractivity contribution in [2.45, 2.75) is 13.8 Å². The van der Waals surface area contributed by atoms with E-state index in [2.05, 4.69) is 42.5 Å². The summed E-state index contributed by atoms with van der Waals surface area (Å²) in [6.07, 6.45) is 10.6. The van der Waals surface area contributed by atoms with Crippen molar-refractivity contribution in [1.29, 1.82) is 0 Å². The average molecular weight is 177 g/mol. The van der Waals surface area contributed by atoms with E-state index < -0.39 is 0 Å². The summed E-state index contributed by atoms with van der Waals surface area (Å²) in [5.74, 6) is 0. The second kappa shape index (κ2) is 2.56. The molecule has 1 aromatic heterocycles. The third-order valence-corrected chi connectivity index (χ3v) is 2.69. The predicted octanol–water partition coefficient (Wildman–Crippen LogP) is 1.30. The van der Waals surface area contributed by atoms with E-state index in [1.54, 1.807) is 11.5 Å². The summed E-state index contributed by atoms with van der Waals surface area (Å²) >= 11 is 1.56. The molecule has 1 heterocycles. The maximum Gasteiger partial charge on any atom is 0.0518 e. The summed E-state index contributed by atoms with van der Waals surface area (Å²) < 4.78 is 5.44. The van der Waals surface area contributed by atoms with Crippen LogP contribution in [0.2, 0.25) is 0 Å². The van der Waals surface area contributed by atoms with Gasteiger partial charge in [-0.25, -0.2) is 0 Å². The van der Waals surface area contributed by atoms with Crippen molar-refractivity contribution in [3.63, 3.8) is 0 Å². The van der Waals surface area contributed by atoms with Crippen LogP contribution in [0.25, 0.3) is 12.2 Å². The minimum absolute atomic E-state index is 0.161. The van der Waals surface area contributed by atoms with Crippen molar-refractivity contribution in [2.75, 3.05) is 0 Å². The van der Waals surface area contributed by atoms with Crippen LogP contribution in [0.1, 0.15) is 13.8 Å². The number of nitrogens with zero attached hydrogens (tertiary/aromatic N) is 1. The molecule has 0 fully saturated rings. The van der Waals surface area contributed by atoms with Crippen LogP contribution in [0.15, 0.2) is 18.3 Å².